The minimum absolute atomic E-state index is 0.198. The van der Waals surface area contributed by atoms with Crippen molar-refractivity contribution in [3.63, 3.8) is 0 Å². The standard InChI is InChI=1S/C10H17NO3/c12-9(13)10(4-6-11-7-5-10)14-8-2-1-3-8/h8,11H,1-7H2,(H,12,13). The first kappa shape index (κ1) is 9.93. The number of hydrogen-bond donors (Lipinski definition) is 2. The first-order valence-electron chi connectivity index (χ1n) is 5.35. The Hall–Kier alpha value is -0.610. The second-order valence-electron chi connectivity index (χ2n) is 4.22. The SMILES string of the molecule is O=C(O)C1(OC2CCC2)CCNCC1. The van der Waals surface area contributed by atoms with E-state index in [-0.39, 0.29) is 6.10 Å². The Labute approximate surface area is 83.6 Å². The summed E-state index contributed by atoms with van der Waals surface area (Å²) in [6.07, 6.45) is 4.63. The molecule has 4 heteroatoms. The van der Waals surface area contributed by atoms with Gasteiger partial charge in [0.25, 0.3) is 0 Å². The summed E-state index contributed by atoms with van der Waals surface area (Å²) in [5, 5.41) is 12.4. The third-order valence-electron chi connectivity index (χ3n) is 3.25. The fraction of sp³-hybridized carbons (Fsp3) is 0.900. The van der Waals surface area contributed by atoms with E-state index in [0.29, 0.717) is 12.8 Å². The fourth-order valence-electron chi connectivity index (χ4n) is 2.02. The van der Waals surface area contributed by atoms with Crippen LogP contribution in [0.5, 0.6) is 0 Å². The summed E-state index contributed by atoms with van der Waals surface area (Å²) in [4.78, 5) is 11.2. The molecular weight excluding hydrogens is 182 g/mol. The highest BCUT2D eigenvalue weighted by Gasteiger charge is 2.43. The molecule has 1 saturated heterocycles. The molecule has 0 unspecified atom stereocenters. The zero-order chi connectivity index (χ0) is 10.0. The highest BCUT2D eigenvalue weighted by atomic mass is 16.5. The Balaban J connectivity index is 2.00. The van der Waals surface area contributed by atoms with E-state index in [9.17, 15) is 9.90 Å². The van der Waals surface area contributed by atoms with E-state index in [1.165, 1.54) is 6.42 Å². The van der Waals surface area contributed by atoms with Crippen molar-refractivity contribution >= 4 is 5.97 Å². The van der Waals surface area contributed by atoms with Crippen LogP contribution < -0.4 is 5.32 Å². The highest BCUT2D eigenvalue weighted by molar-refractivity contribution is 5.77. The van der Waals surface area contributed by atoms with Gasteiger partial charge in [-0.3, -0.25) is 0 Å². The average molecular weight is 199 g/mol. The smallest absolute Gasteiger partial charge is 0.336 e. The van der Waals surface area contributed by atoms with E-state index < -0.39 is 11.6 Å². The molecule has 1 saturated carbocycles. The van der Waals surface area contributed by atoms with Gasteiger partial charge in [-0.05, 0) is 45.2 Å². The number of aliphatic carboxylic acids is 1. The largest absolute Gasteiger partial charge is 0.479 e. The molecule has 0 spiro atoms. The van der Waals surface area contributed by atoms with Crippen molar-refractivity contribution in [3.05, 3.63) is 0 Å². The molecule has 2 rings (SSSR count). The summed E-state index contributed by atoms with van der Waals surface area (Å²) in [5.74, 6) is -0.786. The summed E-state index contributed by atoms with van der Waals surface area (Å²) in [6.45, 7) is 1.50. The normalized spacial score (nSPS) is 26.9. The van der Waals surface area contributed by atoms with Crippen LogP contribution in [0.2, 0.25) is 0 Å². The summed E-state index contributed by atoms with van der Waals surface area (Å²) >= 11 is 0. The van der Waals surface area contributed by atoms with Gasteiger partial charge in [0.2, 0.25) is 0 Å². The Kier molecular flexibility index (Phi) is 2.74. The van der Waals surface area contributed by atoms with Crippen molar-refractivity contribution in [2.24, 2.45) is 0 Å². The van der Waals surface area contributed by atoms with Gasteiger partial charge in [0.05, 0.1) is 6.10 Å². The van der Waals surface area contributed by atoms with Crippen molar-refractivity contribution < 1.29 is 14.6 Å². The Bertz CT molecular complexity index is 219. The molecule has 0 aromatic carbocycles. The highest BCUT2D eigenvalue weighted by Crippen LogP contribution is 2.32. The van der Waals surface area contributed by atoms with Crippen LogP contribution >= 0.6 is 0 Å². The summed E-state index contributed by atoms with van der Waals surface area (Å²) in [6, 6.07) is 0. The van der Waals surface area contributed by atoms with E-state index in [0.717, 1.165) is 25.9 Å². The molecule has 1 aliphatic heterocycles. The van der Waals surface area contributed by atoms with Crippen LogP contribution in [0, 0.1) is 0 Å². The van der Waals surface area contributed by atoms with Gasteiger partial charge in [-0.1, -0.05) is 0 Å². The number of carbonyl (C=O) groups is 1. The second kappa shape index (κ2) is 3.87. The number of rotatable bonds is 3. The van der Waals surface area contributed by atoms with E-state index in [4.69, 9.17) is 4.74 Å². The minimum Gasteiger partial charge on any atom is -0.479 e. The molecule has 0 atom stereocenters. The van der Waals surface area contributed by atoms with Crippen LogP contribution in [0.1, 0.15) is 32.1 Å². The van der Waals surface area contributed by atoms with Gasteiger partial charge in [0, 0.05) is 0 Å². The van der Waals surface area contributed by atoms with Gasteiger partial charge in [-0.15, -0.1) is 0 Å². The molecule has 2 fully saturated rings. The molecule has 0 amide bonds. The Morgan fingerprint density at radius 2 is 2.00 bits per heavy atom. The lowest BCUT2D eigenvalue weighted by Crippen LogP contribution is -2.52. The molecule has 14 heavy (non-hydrogen) atoms. The van der Waals surface area contributed by atoms with Crippen LogP contribution in [0.15, 0.2) is 0 Å². The van der Waals surface area contributed by atoms with Crippen molar-refractivity contribution in [1.82, 2.24) is 5.32 Å². The Morgan fingerprint density at radius 3 is 2.43 bits per heavy atom. The molecule has 2 N–H and O–H groups in total. The third-order valence-corrected chi connectivity index (χ3v) is 3.25. The maximum absolute atomic E-state index is 11.2. The zero-order valence-electron chi connectivity index (χ0n) is 8.29. The molecule has 1 heterocycles. The van der Waals surface area contributed by atoms with E-state index >= 15 is 0 Å². The summed E-state index contributed by atoms with van der Waals surface area (Å²) in [7, 11) is 0. The van der Waals surface area contributed by atoms with Crippen LogP contribution in [0.3, 0.4) is 0 Å². The van der Waals surface area contributed by atoms with E-state index in [1.807, 2.05) is 0 Å². The van der Waals surface area contributed by atoms with Gasteiger partial charge in [-0.25, -0.2) is 4.79 Å². The van der Waals surface area contributed by atoms with Crippen LogP contribution in [0.4, 0.5) is 0 Å². The minimum atomic E-state index is -0.893. The molecule has 2 aliphatic rings. The fourth-order valence-corrected chi connectivity index (χ4v) is 2.02. The molecule has 80 valence electrons. The van der Waals surface area contributed by atoms with Crippen LogP contribution in [-0.2, 0) is 9.53 Å². The molecule has 4 nitrogen and oxygen atoms in total. The first-order chi connectivity index (χ1) is 6.73. The maximum atomic E-state index is 11.2. The average Bonchev–Trinajstić information content (AvgIpc) is 2.13. The van der Waals surface area contributed by atoms with Crippen LogP contribution in [0.25, 0.3) is 0 Å². The summed E-state index contributed by atoms with van der Waals surface area (Å²) < 4.78 is 5.74. The van der Waals surface area contributed by atoms with Crippen molar-refractivity contribution in [1.29, 1.82) is 0 Å². The number of piperidine rings is 1. The van der Waals surface area contributed by atoms with Crippen molar-refractivity contribution in [2.45, 2.75) is 43.8 Å². The predicted octanol–water partition coefficient (Wildman–Crippen LogP) is 0.762. The van der Waals surface area contributed by atoms with Crippen molar-refractivity contribution in [3.8, 4) is 0 Å². The first-order valence-corrected chi connectivity index (χ1v) is 5.35. The molecular formula is C10H17NO3. The monoisotopic (exact) mass is 199 g/mol. The Morgan fingerprint density at radius 1 is 1.36 bits per heavy atom. The van der Waals surface area contributed by atoms with Crippen molar-refractivity contribution in [2.75, 3.05) is 13.1 Å². The topological polar surface area (TPSA) is 58.6 Å². The zero-order valence-corrected chi connectivity index (χ0v) is 8.29. The number of hydrogen-bond acceptors (Lipinski definition) is 3. The lowest BCUT2D eigenvalue weighted by Gasteiger charge is -2.39. The quantitative estimate of drug-likeness (QED) is 0.704. The molecule has 0 radical (unpaired) electrons. The predicted molar refractivity (Wildman–Crippen MR) is 51.2 cm³/mol. The van der Waals surface area contributed by atoms with Gasteiger partial charge in [0.15, 0.2) is 5.60 Å². The number of ether oxygens (including phenoxy) is 1. The number of carboxylic acid groups (broad SMARTS) is 1. The molecule has 1 aliphatic carbocycles. The number of nitrogens with one attached hydrogen (secondary N) is 1. The molecule has 0 aromatic rings. The van der Waals surface area contributed by atoms with E-state index in [2.05, 4.69) is 5.32 Å². The van der Waals surface area contributed by atoms with Gasteiger partial charge >= 0.3 is 5.97 Å². The van der Waals surface area contributed by atoms with Crippen LogP contribution in [-0.4, -0.2) is 35.9 Å². The van der Waals surface area contributed by atoms with Gasteiger partial charge < -0.3 is 15.2 Å². The van der Waals surface area contributed by atoms with Gasteiger partial charge in [0.1, 0.15) is 0 Å². The van der Waals surface area contributed by atoms with Gasteiger partial charge in [-0.2, -0.15) is 0 Å². The lowest BCUT2D eigenvalue weighted by atomic mass is 9.89. The molecule has 0 aromatic heterocycles. The second-order valence-corrected chi connectivity index (χ2v) is 4.22. The molecule has 0 bridgehead atoms. The lowest BCUT2D eigenvalue weighted by molar-refractivity contribution is -0.185. The maximum Gasteiger partial charge on any atom is 0.336 e. The summed E-state index contributed by atoms with van der Waals surface area (Å²) in [5.41, 5.74) is -0.893. The van der Waals surface area contributed by atoms with E-state index in [1.54, 1.807) is 0 Å². The third kappa shape index (κ3) is 1.77. The number of carboxylic acids is 1.